The minimum absolute atomic E-state index is 0.289. The molecule has 7 nitrogen and oxygen atoms in total. The maximum Gasteiger partial charge on any atom is 0.340 e. The topological polar surface area (TPSA) is 71.1 Å². The Balaban J connectivity index is 1.43. The molecule has 240 valence electrons. The van der Waals surface area contributed by atoms with Crippen molar-refractivity contribution in [1.82, 2.24) is 9.80 Å². The molecule has 0 saturated carbocycles. The molecule has 0 spiro atoms. The zero-order valence-electron chi connectivity index (χ0n) is 27.4. The number of rotatable bonds is 11. The standard InChI is InChI=1S/C39H45N3O4/c1-5-41-22-24-42(25-23-41)21-20-29-16-19-36(45-28-30-12-8-6-9-13-30)34(26-29)37(43)40-35-27-32(31-14-10-7-11-15-31)17-18-33(35)38(44)46-39(2,3)4/h6-19,26-27H,5,20-25,28H2,1-4H3,(H,40,43). The first kappa shape index (κ1) is 32.9. The molecule has 0 bridgehead atoms. The number of nitrogens with zero attached hydrogens (tertiary/aromatic N) is 2. The molecule has 5 rings (SSSR count). The lowest BCUT2D eigenvalue weighted by Gasteiger charge is -2.34. The lowest BCUT2D eigenvalue weighted by molar-refractivity contribution is 0.00707. The van der Waals surface area contributed by atoms with Crippen LogP contribution < -0.4 is 10.1 Å². The molecule has 1 aliphatic heterocycles. The minimum atomic E-state index is -0.688. The molecule has 1 amide bonds. The molecule has 7 heteroatoms. The van der Waals surface area contributed by atoms with Crippen molar-refractivity contribution in [3.05, 3.63) is 119 Å². The fraction of sp³-hybridized carbons (Fsp3) is 0.333. The van der Waals surface area contributed by atoms with E-state index < -0.39 is 11.6 Å². The summed E-state index contributed by atoms with van der Waals surface area (Å²) >= 11 is 0. The molecular weight excluding hydrogens is 574 g/mol. The zero-order chi connectivity index (χ0) is 32.5. The Hall–Kier alpha value is -4.46. The van der Waals surface area contributed by atoms with Crippen molar-refractivity contribution in [2.45, 2.75) is 46.3 Å². The van der Waals surface area contributed by atoms with Gasteiger partial charge >= 0.3 is 5.97 Å². The van der Waals surface area contributed by atoms with Crippen molar-refractivity contribution in [3.8, 4) is 16.9 Å². The van der Waals surface area contributed by atoms with E-state index in [0.717, 1.165) is 67.9 Å². The van der Waals surface area contributed by atoms with Gasteiger partial charge in [-0.15, -0.1) is 0 Å². The van der Waals surface area contributed by atoms with Gasteiger partial charge in [0.05, 0.1) is 16.8 Å². The summed E-state index contributed by atoms with van der Waals surface area (Å²) in [5, 5.41) is 3.05. The van der Waals surface area contributed by atoms with Crippen molar-refractivity contribution >= 4 is 17.6 Å². The van der Waals surface area contributed by atoms with Crippen LogP contribution in [0.2, 0.25) is 0 Å². The predicted octanol–water partition coefficient (Wildman–Crippen LogP) is 7.32. The number of ether oxygens (including phenoxy) is 2. The average molecular weight is 620 g/mol. The Labute approximate surface area is 273 Å². The van der Waals surface area contributed by atoms with Gasteiger partial charge in [0.1, 0.15) is 18.0 Å². The van der Waals surface area contributed by atoms with E-state index in [1.807, 2.05) is 112 Å². The number of piperazine rings is 1. The molecule has 1 saturated heterocycles. The Morgan fingerprint density at radius 2 is 1.41 bits per heavy atom. The number of amides is 1. The van der Waals surface area contributed by atoms with Gasteiger partial charge in [-0.25, -0.2) is 4.79 Å². The summed E-state index contributed by atoms with van der Waals surface area (Å²) in [6.45, 7) is 14.3. The van der Waals surface area contributed by atoms with E-state index in [0.29, 0.717) is 23.6 Å². The molecule has 4 aromatic rings. The van der Waals surface area contributed by atoms with Crippen LogP contribution in [0.5, 0.6) is 5.75 Å². The van der Waals surface area contributed by atoms with Gasteiger partial charge < -0.3 is 24.6 Å². The number of nitrogens with one attached hydrogen (secondary N) is 1. The highest BCUT2D eigenvalue weighted by Crippen LogP contribution is 2.30. The van der Waals surface area contributed by atoms with Gasteiger partial charge in [0.15, 0.2) is 0 Å². The van der Waals surface area contributed by atoms with Gasteiger partial charge in [-0.3, -0.25) is 4.79 Å². The van der Waals surface area contributed by atoms with Crippen molar-refractivity contribution < 1.29 is 19.1 Å². The number of hydrogen-bond acceptors (Lipinski definition) is 6. The Bertz CT molecular complexity index is 1610. The van der Waals surface area contributed by atoms with Gasteiger partial charge in [0, 0.05) is 32.7 Å². The van der Waals surface area contributed by atoms with E-state index in [9.17, 15) is 9.59 Å². The second-order valence-corrected chi connectivity index (χ2v) is 12.7. The Kier molecular flexibility index (Phi) is 10.9. The molecule has 1 fully saturated rings. The Morgan fingerprint density at radius 1 is 0.739 bits per heavy atom. The first-order valence-corrected chi connectivity index (χ1v) is 16.2. The number of hydrogen-bond donors (Lipinski definition) is 1. The fourth-order valence-electron chi connectivity index (χ4n) is 5.55. The van der Waals surface area contributed by atoms with E-state index >= 15 is 0 Å². The van der Waals surface area contributed by atoms with Crippen LogP contribution in [-0.2, 0) is 17.8 Å². The molecule has 46 heavy (non-hydrogen) atoms. The quantitative estimate of drug-likeness (QED) is 0.178. The highest BCUT2D eigenvalue weighted by Gasteiger charge is 2.24. The second-order valence-electron chi connectivity index (χ2n) is 12.7. The number of carbonyl (C=O) groups excluding carboxylic acids is 2. The number of carbonyl (C=O) groups is 2. The molecule has 1 heterocycles. The van der Waals surface area contributed by atoms with Crippen molar-refractivity contribution in [2.24, 2.45) is 0 Å². The lowest BCUT2D eigenvalue weighted by atomic mass is 10.0. The molecule has 1 aliphatic rings. The van der Waals surface area contributed by atoms with Crippen LogP contribution in [0.25, 0.3) is 11.1 Å². The molecule has 4 aromatic carbocycles. The predicted molar refractivity (Wildman–Crippen MR) is 184 cm³/mol. The maximum absolute atomic E-state index is 14.1. The summed E-state index contributed by atoms with van der Waals surface area (Å²) < 4.78 is 11.9. The first-order chi connectivity index (χ1) is 22.2. The third-order valence-corrected chi connectivity index (χ3v) is 8.15. The van der Waals surface area contributed by atoms with Crippen LogP contribution in [0.1, 0.15) is 59.5 Å². The second kappa shape index (κ2) is 15.2. The van der Waals surface area contributed by atoms with E-state index in [2.05, 4.69) is 22.0 Å². The molecule has 0 aromatic heterocycles. The third kappa shape index (κ3) is 9.05. The minimum Gasteiger partial charge on any atom is -0.488 e. The number of anilines is 1. The largest absolute Gasteiger partial charge is 0.488 e. The summed E-state index contributed by atoms with van der Waals surface area (Å²) in [7, 11) is 0. The fourth-order valence-corrected chi connectivity index (χ4v) is 5.55. The van der Waals surface area contributed by atoms with E-state index in [-0.39, 0.29) is 11.5 Å². The maximum atomic E-state index is 14.1. The monoisotopic (exact) mass is 619 g/mol. The van der Waals surface area contributed by atoms with Gasteiger partial charge in [-0.2, -0.15) is 0 Å². The summed E-state index contributed by atoms with van der Waals surface area (Å²) in [6.07, 6.45) is 0.817. The number of benzene rings is 4. The normalized spacial score (nSPS) is 14.1. The van der Waals surface area contributed by atoms with Crippen LogP contribution in [0.3, 0.4) is 0 Å². The highest BCUT2D eigenvalue weighted by atomic mass is 16.6. The number of likely N-dealkylation sites (N-methyl/N-ethyl adjacent to an activating group) is 1. The van der Waals surface area contributed by atoms with Gasteiger partial charge in [-0.1, -0.05) is 79.7 Å². The molecular formula is C39H45N3O4. The molecule has 0 radical (unpaired) electrons. The highest BCUT2D eigenvalue weighted by molar-refractivity contribution is 6.10. The SMILES string of the molecule is CCN1CCN(CCc2ccc(OCc3ccccc3)c(C(=O)Nc3cc(-c4ccccc4)ccc3C(=O)OC(C)(C)C)c2)CC1. The van der Waals surface area contributed by atoms with Gasteiger partial charge in [-0.05, 0) is 80.3 Å². The van der Waals surface area contributed by atoms with Crippen LogP contribution in [0.15, 0.2) is 97.1 Å². The van der Waals surface area contributed by atoms with Gasteiger partial charge in [0.25, 0.3) is 5.91 Å². The molecule has 0 unspecified atom stereocenters. The summed E-state index contributed by atoms with van der Waals surface area (Å²) in [6, 6.07) is 31.0. The lowest BCUT2D eigenvalue weighted by Crippen LogP contribution is -2.46. The van der Waals surface area contributed by atoms with Crippen molar-refractivity contribution in [2.75, 3.05) is 44.6 Å². The van der Waals surface area contributed by atoms with Crippen LogP contribution in [0, 0.1) is 0 Å². The summed E-state index contributed by atoms with van der Waals surface area (Å²) in [4.78, 5) is 32.4. The third-order valence-electron chi connectivity index (χ3n) is 8.15. The summed E-state index contributed by atoms with van der Waals surface area (Å²) in [5.41, 5.74) is 4.32. The first-order valence-electron chi connectivity index (χ1n) is 16.2. The molecule has 0 atom stereocenters. The van der Waals surface area contributed by atoms with E-state index in [1.165, 1.54) is 0 Å². The van der Waals surface area contributed by atoms with Crippen LogP contribution in [0.4, 0.5) is 5.69 Å². The van der Waals surface area contributed by atoms with E-state index in [1.54, 1.807) is 6.07 Å². The summed E-state index contributed by atoms with van der Waals surface area (Å²) in [5.74, 6) is -0.365. The number of esters is 1. The smallest absolute Gasteiger partial charge is 0.340 e. The molecule has 1 N–H and O–H groups in total. The van der Waals surface area contributed by atoms with E-state index in [4.69, 9.17) is 9.47 Å². The van der Waals surface area contributed by atoms with Crippen LogP contribution in [-0.4, -0.2) is 66.5 Å². The van der Waals surface area contributed by atoms with Crippen LogP contribution >= 0.6 is 0 Å². The molecule has 0 aliphatic carbocycles. The average Bonchev–Trinajstić information content (AvgIpc) is 3.06. The zero-order valence-corrected chi connectivity index (χ0v) is 27.4. The Morgan fingerprint density at radius 3 is 2.09 bits per heavy atom. The van der Waals surface area contributed by atoms with Crippen molar-refractivity contribution in [1.29, 1.82) is 0 Å². The van der Waals surface area contributed by atoms with Crippen molar-refractivity contribution in [3.63, 3.8) is 0 Å². The van der Waals surface area contributed by atoms with Gasteiger partial charge in [0.2, 0.25) is 0 Å².